The van der Waals surface area contributed by atoms with E-state index in [0.29, 0.717) is 11.4 Å². The molecular weight excluding hydrogens is 414 g/mol. The van der Waals surface area contributed by atoms with E-state index in [1.165, 1.54) is 11.7 Å². The maximum atomic E-state index is 13.1. The van der Waals surface area contributed by atoms with Crippen LogP contribution in [0.4, 0.5) is 11.6 Å². The van der Waals surface area contributed by atoms with Gasteiger partial charge in [0.1, 0.15) is 5.75 Å². The Morgan fingerprint density at radius 1 is 1.03 bits per heavy atom. The molecule has 10 nitrogen and oxygen atoms in total. The van der Waals surface area contributed by atoms with Gasteiger partial charge in [0.05, 0.1) is 32.9 Å². The Morgan fingerprint density at radius 3 is 2.47 bits per heavy atom. The predicted octanol–water partition coefficient (Wildman–Crippen LogP) is 1.77. The zero-order chi connectivity index (χ0) is 23.1. The van der Waals surface area contributed by atoms with Crippen LogP contribution in [-0.2, 0) is 22.6 Å². The maximum absolute atomic E-state index is 13.1. The largest absolute Gasteiger partial charge is 0.497 e. The van der Waals surface area contributed by atoms with E-state index in [9.17, 15) is 14.4 Å². The number of nitrogens with zero attached hydrogens (tertiary/aromatic N) is 3. The fourth-order valence-electron chi connectivity index (χ4n) is 2.97. The van der Waals surface area contributed by atoms with Crippen LogP contribution in [0, 0.1) is 6.92 Å². The number of rotatable bonds is 9. The molecule has 0 saturated heterocycles. The first kappa shape index (κ1) is 22.6. The minimum Gasteiger partial charge on any atom is -0.497 e. The Balaban J connectivity index is 1.96. The van der Waals surface area contributed by atoms with Crippen LogP contribution in [0.2, 0.25) is 0 Å². The molecule has 1 aromatic heterocycles. The van der Waals surface area contributed by atoms with Crippen molar-refractivity contribution in [1.82, 2.24) is 14.1 Å². The Hall–Kier alpha value is -4.08. The van der Waals surface area contributed by atoms with Gasteiger partial charge in [-0.15, -0.1) is 0 Å². The fraction of sp³-hybridized carbons (Fsp3) is 0.273. The first-order valence-corrected chi connectivity index (χ1v) is 9.91. The molecule has 0 bridgehead atoms. The summed E-state index contributed by atoms with van der Waals surface area (Å²) in [5.41, 5.74) is 6.99. The Morgan fingerprint density at radius 2 is 1.78 bits per heavy atom. The average molecular weight is 439 g/mol. The molecule has 0 atom stereocenters. The Kier molecular flexibility index (Phi) is 7.27. The number of esters is 1. The third kappa shape index (κ3) is 5.54. The van der Waals surface area contributed by atoms with Gasteiger partial charge in [-0.2, -0.15) is 4.98 Å². The quantitative estimate of drug-likeness (QED) is 0.383. The van der Waals surface area contributed by atoms with Crippen molar-refractivity contribution >= 4 is 17.6 Å². The Bertz CT molecular complexity index is 1200. The molecule has 0 aliphatic carbocycles. The summed E-state index contributed by atoms with van der Waals surface area (Å²) in [6.07, 6.45) is -0.118. The molecule has 0 radical (unpaired) electrons. The summed E-state index contributed by atoms with van der Waals surface area (Å²) in [5, 5.41) is 0. The zero-order valence-electron chi connectivity index (χ0n) is 18.1. The first-order valence-electron chi connectivity index (χ1n) is 9.91. The van der Waals surface area contributed by atoms with Crippen molar-refractivity contribution < 1.29 is 14.3 Å². The van der Waals surface area contributed by atoms with Crippen molar-refractivity contribution in [3.8, 4) is 5.75 Å². The molecule has 2 aromatic carbocycles. The number of nitrogens with one attached hydrogen (secondary N) is 2. The van der Waals surface area contributed by atoms with Gasteiger partial charge in [-0.05, 0) is 24.6 Å². The van der Waals surface area contributed by atoms with E-state index >= 15 is 0 Å². The highest BCUT2D eigenvalue weighted by Crippen LogP contribution is 2.17. The standard InChI is InChI=1S/C22H25N5O5/c1-15-7-9-16(10-8-15)14-27-20(25-24-17-5-4-6-18(13-17)31-2)23-21(29)26(22(27)30)12-11-19(28)32-3/h4-10,13,24H,11-12,14H2,1-3H3,(H,23,25,29). The van der Waals surface area contributed by atoms with Crippen LogP contribution in [0.5, 0.6) is 5.75 Å². The number of methoxy groups -OCH3 is 2. The van der Waals surface area contributed by atoms with Crippen LogP contribution >= 0.6 is 0 Å². The molecule has 32 heavy (non-hydrogen) atoms. The highest BCUT2D eigenvalue weighted by atomic mass is 16.5. The van der Waals surface area contributed by atoms with Crippen molar-refractivity contribution in [3.63, 3.8) is 0 Å². The van der Waals surface area contributed by atoms with Crippen molar-refractivity contribution in [2.75, 3.05) is 25.1 Å². The summed E-state index contributed by atoms with van der Waals surface area (Å²) in [4.78, 5) is 41.2. The van der Waals surface area contributed by atoms with E-state index in [1.54, 1.807) is 31.4 Å². The van der Waals surface area contributed by atoms with Crippen LogP contribution in [0.25, 0.3) is 0 Å². The fourth-order valence-corrected chi connectivity index (χ4v) is 2.97. The molecule has 0 saturated carbocycles. The van der Waals surface area contributed by atoms with E-state index < -0.39 is 17.3 Å². The maximum Gasteiger partial charge on any atom is 0.354 e. The number of hydrogen-bond donors (Lipinski definition) is 2. The summed E-state index contributed by atoms with van der Waals surface area (Å²) in [5.74, 6) is 0.154. The monoisotopic (exact) mass is 439 g/mol. The summed E-state index contributed by atoms with van der Waals surface area (Å²) >= 11 is 0. The highest BCUT2D eigenvalue weighted by Gasteiger charge is 2.15. The summed E-state index contributed by atoms with van der Waals surface area (Å²) in [7, 11) is 2.80. The van der Waals surface area contributed by atoms with E-state index in [2.05, 4.69) is 20.6 Å². The molecule has 0 fully saturated rings. The minimum absolute atomic E-state index is 0.0395. The summed E-state index contributed by atoms with van der Waals surface area (Å²) in [6.45, 7) is 2.01. The average Bonchev–Trinajstić information content (AvgIpc) is 2.80. The third-order valence-corrected chi connectivity index (χ3v) is 4.77. The molecule has 0 spiro atoms. The van der Waals surface area contributed by atoms with E-state index in [0.717, 1.165) is 15.7 Å². The molecule has 3 aromatic rings. The van der Waals surface area contributed by atoms with Gasteiger partial charge in [0.15, 0.2) is 0 Å². The Labute approximate surface area is 184 Å². The molecular formula is C22H25N5O5. The lowest BCUT2D eigenvalue weighted by atomic mass is 10.1. The molecule has 3 rings (SSSR count). The number of carbonyl (C=O) groups excluding carboxylic acids is 1. The SMILES string of the molecule is COC(=O)CCn1c(=O)nc(NNc2cccc(OC)c2)n(Cc2ccc(C)cc2)c1=O. The third-order valence-electron chi connectivity index (χ3n) is 4.77. The zero-order valence-corrected chi connectivity index (χ0v) is 18.1. The molecule has 0 aliphatic heterocycles. The number of carbonyl (C=O) groups is 1. The van der Waals surface area contributed by atoms with Gasteiger partial charge in [-0.1, -0.05) is 35.9 Å². The number of hydrogen-bond acceptors (Lipinski definition) is 8. The highest BCUT2D eigenvalue weighted by molar-refractivity contribution is 5.68. The number of anilines is 2. The van der Waals surface area contributed by atoms with Gasteiger partial charge in [-0.3, -0.25) is 20.2 Å². The van der Waals surface area contributed by atoms with E-state index in [-0.39, 0.29) is 25.5 Å². The second-order valence-corrected chi connectivity index (χ2v) is 7.03. The van der Waals surface area contributed by atoms with Crippen molar-refractivity contribution in [2.45, 2.75) is 26.4 Å². The number of aryl methyl sites for hydroxylation is 1. The lowest BCUT2D eigenvalue weighted by molar-refractivity contribution is -0.140. The number of benzene rings is 2. The van der Waals surface area contributed by atoms with Gasteiger partial charge in [-0.25, -0.2) is 14.2 Å². The second-order valence-electron chi connectivity index (χ2n) is 7.03. The molecule has 1 heterocycles. The van der Waals surface area contributed by atoms with Crippen LogP contribution < -0.4 is 27.0 Å². The minimum atomic E-state index is -0.769. The van der Waals surface area contributed by atoms with Crippen LogP contribution in [0.15, 0.2) is 58.1 Å². The number of ether oxygens (including phenoxy) is 2. The van der Waals surface area contributed by atoms with Gasteiger partial charge < -0.3 is 9.47 Å². The smallest absolute Gasteiger partial charge is 0.354 e. The van der Waals surface area contributed by atoms with Gasteiger partial charge in [0.25, 0.3) is 0 Å². The van der Waals surface area contributed by atoms with Gasteiger partial charge >= 0.3 is 17.3 Å². The predicted molar refractivity (Wildman–Crippen MR) is 120 cm³/mol. The van der Waals surface area contributed by atoms with Crippen LogP contribution in [-0.4, -0.2) is 34.3 Å². The van der Waals surface area contributed by atoms with Crippen molar-refractivity contribution in [2.24, 2.45) is 0 Å². The normalized spacial score (nSPS) is 10.5. The molecule has 0 amide bonds. The van der Waals surface area contributed by atoms with Crippen molar-refractivity contribution in [1.29, 1.82) is 0 Å². The summed E-state index contributed by atoms with van der Waals surface area (Å²) in [6, 6.07) is 14.8. The number of aromatic nitrogens is 3. The molecule has 2 N–H and O–H groups in total. The van der Waals surface area contributed by atoms with E-state index in [4.69, 9.17) is 4.74 Å². The molecule has 10 heteroatoms. The van der Waals surface area contributed by atoms with Gasteiger partial charge in [0, 0.05) is 12.6 Å². The second kappa shape index (κ2) is 10.3. The molecule has 168 valence electrons. The van der Waals surface area contributed by atoms with Crippen LogP contribution in [0.1, 0.15) is 17.5 Å². The summed E-state index contributed by atoms with van der Waals surface area (Å²) < 4.78 is 12.1. The first-order chi connectivity index (χ1) is 15.4. The van der Waals surface area contributed by atoms with Crippen LogP contribution in [0.3, 0.4) is 0 Å². The topological polar surface area (TPSA) is 116 Å². The van der Waals surface area contributed by atoms with Crippen molar-refractivity contribution in [3.05, 3.63) is 80.6 Å². The lowest BCUT2D eigenvalue weighted by Crippen LogP contribution is -2.43. The molecule has 0 aliphatic rings. The lowest BCUT2D eigenvalue weighted by Gasteiger charge is -2.17. The number of hydrazine groups is 1. The molecule has 0 unspecified atom stereocenters. The van der Waals surface area contributed by atoms with E-state index in [1.807, 2.05) is 31.2 Å². The van der Waals surface area contributed by atoms with Gasteiger partial charge in [0.2, 0.25) is 5.95 Å².